The first-order chi connectivity index (χ1) is 22.8. The molecule has 0 aliphatic heterocycles. The normalized spacial score (nSPS) is 16.6. The van der Waals surface area contributed by atoms with Gasteiger partial charge in [0, 0.05) is 0 Å². The van der Waals surface area contributed by atoms with Gasteiger partial charge in [-0.1, -0.05) is 0 Å². The van der Waals surface area contributed by atoms with Gasteiger partial charge in [-0.3, -0.25) is 0 Å². The molecule has 0 saturated heterocycles. The van der Waals surface area contributed by atoms with E-state index in [4.69, 9.17) is 0 Å². The third-order valence-corrected chi connectivity index (χ3v) is 49.7. The van der Waals surface area contributed by atoms with E-state index in [1.165, 1.54) is 33.4 Å². The molecule has 0 heterocycles. The molecule has 0 N–H and O–H groups in total. The minimum absolute atomic E-state index is 0.369. The predicted octanol–water partition coefficient (Wildman–Crippen LogP) is 9.42. The number of rotatable bonds is 8. The molecule has 0 bridgehead atoms. The number of fused-ring (bicyclic) bond motifs is 2. The van der Waals surface area contributed by atoms with Crippen LogP contribution in [0, 0.1) is 0 Å². The second-order valence-electron chi connectivity index (χ2n) is 13.2. The van der Waals surface area contributed by atoms with E-state index in [0.717, 1.165) is 8.26 Å². The van der Waals surface area contributed by atoms with E-state index in [1.54, 1.807) is 10.4 Å². The Morgan fingerprint density at radius 2 is 0.739 bits per heavy atom. The van der Waals surface area contributed by atoms with Crippen molar-refractivity contribution in [1.29, 1.82) is 0 Å². The molecule has 0 spiro atoms. The zero-order valence-electron chi connectivity index (χ0n) is 26.0. The first-order valence-electron chi connectivity index (χ1n) is 16.5. The van der Waals surface area contributed by atoms with Gasteiger partial charge in [-0.15, -0.1) is 0 Å². The molecule has 0 fully saturated rings. The SMILES string of the molecule is C1=C[CH]([Zr]([CH2]c2ccccc2)([CH2]c2ccccc2)([CH]2C=Cc3ccccc32)=[Si](c2ccccc2)c2ccccc2)c2ccccc21. The van der Waals surface area contributed by atoms with Crippen LogP contribution in [0.3, 0.4) is 0 Å². The molecular weight excluding hydrogens is 648 g/mol. The third kappa shape index (κ3) is 4.82. The summed E-state index contributed by atoms with van der Waals surface area (Å²) in [5.41, 5.74) is 7.43. The van der Waals surface area contributed by atoms with Crippen LogP contribution >= 0.6 is 0 Å². The Kier molecular flexibility index (Phi) is 7.81. The van der Waals surface area contributed by atoms with Gasteiger partial charge in [0.1, 0.15) is 0 Å². The fourth-order valence-electron chi connectivity index (χ4n) is 9.21. The van der Waals surface area contributed by atoms with E-state index in [2.05, 4.69) is 194 Å². The standard InChI is InChI=1S/C12H10Si.2C9H7.2C7H7.Zr/c1-3-7-11(8-4-1)13-12-9-5-2-6-10-12;2*1-2-5-9-7-3-6-8(9)4-1;2*1-7-5-3-2-4-6-7;/h1-10H;2*1-7H;2*2-6H,1H2;. The van der Waals surface area contributed by atoms with Crippen LogP contribution in [0.5, 0.6) is 0 Å². The third-order valence-electron chi connectivity index (χ3n) is 10.8. The molecule has 2 heteroatoms. The van der Waals surface area contributed by atoms with E-state index in [9.17, 15) is 0 Å². The average molecular weight is 686 g/mol. The molecule has 0 aromatic heterocycles. The summed E-state index contributed by atoms with van der Waals surface area (Å²) in [6, 6.07) is 65.1. The Bertz CT molecular complexity index is 1970. The van der Waals surface area contributed by atoms with Crippen LogP contribution in [0.2, 0.25) is 0 Å². The van der Waals surface area contributed by atoms with Crippen LogP contribution in [0.4, 0.5) is 0 Å². The van der Waals surface area contributed by atoms with Crippen molar-refractivity contribution in [2.24, 2.45) is 0 Å². The molecule has 2 unspecified atom stereocenters. The van der Waals surface area contributed by atoms with Gasteiger partial charge < -0.3 is 0 Å². The Balaban J connectivity index is 1.67. The van der Waals surface area contributed by atoms with Gasteiger partial charge in [-0.05, 0) is 0 Å². The van der Waals surface area contributed by atoms with Gasteiger partial charge in [-0.25, -0.2) is 0 Å². The van der Waals surface area contributed by atoms with Gasteiger partial charge in [0.2, 0.25) is 0 Å². The first kappa shape index (κ1) is 29.3. The van der Waals surface area contributed by atoms with E-state index in [1.807, 2.05) is 0 Å². The minimum atomic E-state index is -4.68. The number of benzene rings is 6. The van der Waals surface area contributed by atoms with Gasteiger partial charge in [0.15, 0.2) is 0 Å². The topological polar surface area (TPSA) is 0 Å². The summed E-state index contributed by atoms with van der Waals surface area (Å²) in [4.78, 5) is 0. The maximum absolute atomic E-state index is 4.68. The molecule has 0 saturated carbocycles. The van der Waals surface area contributed by atoms with Gasteiger partial charge in [-0.2, -0.15) is 0 Å². The van der Waals surface area contributed by atoms with Crippen molar-refractivity contribution in [1.82, 2.24) is 0 Å². The summed E-state index contributed by atoms with van der Waals surface area (Å²) in [6.45, 7) is 0. The van der Waals surface area contributed by atoms with Crippen molar-refractivity contribution in [2.45, 2.75) is 15.5 Å². The van der Waals surface area contributed by atoms with Crippen LogP contribution in [0.25, 0.3) is 12.2 Å². The summed E-state index contributed by atoms with van der Waals surface area (Å²) in [6.07, 6.45) is 10.3. The molecular formula is C44H38SiZr. The Hall–Kier alpha value is -4.10. The van der Waals surface area contributed by atoms with Crippen LogP contribution in [0.1, 0.15) is 40.6 Å². The zero-order valence-corrected chi connectivity index (χ0v) is 29.5. The molecule has 2 aliphatic rings. The molecule has 8 rings (SSSR count). The van der Waals surface area contributed by atoms with E-state index in [0.29, 0.717) is 7.25 Å². The van der Waals surface area contributed by atoms with Crippen molar-refractivity contribution in [3.05, 3.63) is 215 Å². The quantitative estimate of drug-likeness (QED) is 0.140. The molecule has 2 atom stereocenters. The Labute approximate surface area is 274 Å². The molecule has 0 radical (unpaired) electrons. The van der Waals surface area contributed by atoms with Gasteiger partial charge >= 0.3 is 276 Å². The molecule has 6 aromatic carbocycles. The molecule has 46 heavy (non-hydrogen) atoms. The van der Waals surface area contributed by atoms with Crippen molar-refractivity contribution >= 4 is 28.0 Å². The zero-order chi connectivity index (χ0) is 30.8. The van der Waals surface area contributed by atoms with Crippen molar-refractivity contribution in [3.8, 4) is 0 Å². The summed E-state index contributed by atoms with van der Waals surface area (Å²) in [5.74, 6) is 0. The number of allylic oxidation sites excluding steroid dienone is 2. The second-order valence-corrected chi connectivity index (χ2v) is 40.4. The molecule has 6 aromatic rings. The van der Waals surface area contributed by atoms with Crippen LogP contribution < -0.4 is 10.4 Å². The van der Waals surface area contributed by atoms with Crippen LogP contribution in [0.15, 0.2) is 182 Å². The summed E-state index contributed by atoms with van der Waals surface area (Å²) in [5, 5.41) is 3.10. The Morgan fingerprint density at radius 1 is 0.391 bits per heavy atom. The predicted molar refractivity (Wildman–Crippen MR) is 195 cm³/mol. The van der Waals surface area contributed by atoms with Gasteiger partial charge in [0.05, 0.1) is 0 Å². The monoisotopic (exact) mass is 684 g/mol. The summed E-state index contributed by atoms with van der Waals surface area (Å²) < 4.78 is 3.02. The average Bonchev–Trinajstić information content (AvgIpc) is 3.77. The number of hydrogen-bond acceptors (Lipinski definition) is 0. The second kappa shape index (κ2) is 12.3. The summed E-state index contributed by atoms with van der Waals surface area (Å²) in [7, 11) is 0. The van der Waals surface area contributed by atoms with E-state index in [-0.39, 0.29) is 0 Å². The fraction of sp³-hybridized carbons (Fsp3) is 0.0909. The first-order valence-corrected chi connectivity index (χ1v) is 28.0. The van der Waals surface area contributed by atoms with E-state index >= 15 is 0 Å². The van der Waals surface area contributed by atoms with E-state index < -0.39 is 22.8 Å². The molecule has 222 valence electrons. The van der Waals surface area contributed by atoms with Crippen molar-refractivity contribution in [2.75, 3.05) is 0 Å². The van der Waals surface area contributed by atoms with Crippen molar-refractivity contribution < 1.29 is 17.4 Å². The fourth-order valence-corrected chi connectivity index (χ4v) is 56.3. The van der Waals surface area contributed by atoms with Crippen molar-refractivity contribution in [3.63, 3.8) is 0 Å². The molecule has 0 amide bonds. The summed E-state index contributed by atoms with van der Waals surface area (Å²) >= 11 is -4.68. The maximum atomic E-state index is 2.67. The van der Waals surface area contributed by atoms with Crippen LogP contribution in [-0.2, 0) is 25.7 Å². The van der Waals surface area contributed by atoms with Crippen LogP contribution in [-0.4, -0.2) is 5.43 Å². The Morgan fingerprint density at radius 3 is 1.15 bits per heavy atom. The number of hydrogen-bond donors (Lipinski definition) is 0. The van der Waals surface area contributed by atoms with Gasteiger partial charge in [0.25, 0.3) is 0 Å². The molecule has 0 nitrogen and oxygen atoms in total. The molecule has 2 aliphatic carbocycles.